The Balaban J connectivity index is 2.24. The number of nitrogens with zero attached hydrogens (tertiary/aromatic N) is 1. The van der Waals surface area contributed by atoms with Crippen molar-refractivity contribution < 1.29 is 9.50 Å². The van der Waals surface area contributed by atoms with Crippen molar-refractivity contribution in [1.29, 1.82) is 0 Å². The van der Waals surface area contributed by atoms with Crippen LogP contribution in [-0.4, -0.2) is 10.1 Å². The first-order valence-corrected chi connectivity index (χ1v) is 5.98. The number of benzene rings is 1. The molecule has 0 aliphatic carbocycles. The average molecular weight is 266 g/mol. The van der Waals surface area contributed by atoms with Crippen LogP contribution in [0.2, 0.25) is 5.02 Å². The van der Waals surface area contributed by atoms with Gasteiger partial charge in [0.05, 0.1) is 6.10 Å². The Kier molecular flexibility index (Phi) is 3.94. The predicted molar refractivity (Wildman–Crippen MR) is 69.0 cm³/mol. The summed E-state index contributed by atoms with van der Waals surface area (Å²) in [6, 6.07) is 6.08. The highest BCUT2D eigenvalue weighted by Gasteiger charge is 2.13. The third kappa shape index (κ3) is 2.86. The number of aromatic nitrogens is 1. The lowest BCUT2D eigenvalue weighted by Crippen LogP contribution is -2.05. The van der Waals surface area contributed by atoms with Gasteiger partial charge in [0, 0.05) is 23.8 Å². The highest BCUT2D eigenvalue weighted by atomic mass is 35.5. The summed E-state index contributed by atoms with van der Waals surface area (Å²) < 4.78 is 13.6. The number of hydrogen-bond acceptors (Lipinski definition) is 2. The van der Waals surface area contributed by atoms with Crippen molar-refractivity contribution in [1.82, 2.24) is 4.98 Å². The largest absolute Gasteiger partial charge is 0.388 e. The molecular weight excluding hydrogens is 253 g/mol. The standard InChI is InChI=1S/C14H13ClFNO/c1-9-8-17-5-4-12(9)14(18)7-10-6-11(15)2-3-13(10)16/h2-6,8,14,18H,7H2,1H3. The number of aryl methyl sites for hydroxylation is 1. The van der Waals surface area contributed by atoms with Gasteiger partial charge in [-0.25, -0.2) is 4.39 Å². The summed E-state index contributed by atoms with van der Waals surface area (Å²) in [5, 5.41) is 10.6. The summed E-state index contributed by atoms with van der Waals surface area (Å²) in [4.78, 5) is 3.96. The fourth-order valence-corrected chi connectivity index (χ4v) is 2.07. The van der Waals surface area contributed by atoms with Crippen LogP contribution in [0, 0.1) is 12.7 Å². The molecule has 1 aromatic carbocycles. The Bertz CT molecular complexity index is 559. The maximum absolute atomic E-state index is 13.6. The molecule has 4 heteroatoms. The third-order valence-electron chi connectivity index (χ3n) is 2.84. The number of aliphatic hydroxyl groups is 1. The molecule has 1 aromatic heterocycles. The Morgan fingerprint density at radius 3 is 2.89 bits per heavy atom. The molecule has 0 radical (unpaired) electrons. The monoisotopic (exact) mass is 265 g/mol. The molecule has 94 valence electrons. The topological polar surface area (TPSA) is 33.1 Å². The third-order valence-corrected chi connectivity index (χ3v) is 3.08. The molecular formula is C14H13ClFNO. The number of hydrogen-bond donors (Lipinski definition) is 1. The molecule has 2 nitrogen and oxygen atoms in total. The molecule has 0 aliphatic rings. The molecule has 0 fully saturated rings. The van der Waals surface area contributed by atoms with Crippen LogP contribution in [0.1, 0.15) is 22.8 Å². The van der Waals surface area contributed by atoms with Crippen LogP contribution in [0.5, 0.6) is 0 Å². The van der Waals surface area contributed by atoms with E-state index in [4.69, 9.17) is 11.6 Å². The van der Waals surface area contributed by atoms with Crippen LogP contribution in [0.15, 0.2) is 36.7 Å². The molecule has 0 amide bonds. The van der Waals surface area contributed by atoms with Crippen molar-refractivity contribution in [3.05, 3.63) is 64.2 Å². The van der Waals surface area contributed by atoms with Crippen molar-refractivity contribution in [2.75, 3.05) is 0 Å². The van der Waals surface area contributed by atoms with E-state index in [2.05, 4.69) is 4.98 Å². The minimum Gasteiger partial charge on any atom is -0.388 e. The van der Waals surface area contributed by atoms with Gasteiger partial charge in [-0.1, -0.05) is 11.6 Å². The summed E-state index contributed by atoms with van der Waals surface area (Å²) in [7, 11) is 0. The van der Waals surface area contributed by atoms with Crippen LogP contribution in [0.25, 0.3) is 0 Å². The number of aliphatic hydroxyl groups excluding tert-OH is 1. The summed E-state index contributed by atoms with van der Waals surface area (Å²) in [6.45, 7) is 1.86. The van der Waals surface area contributed by atoms with Gasteiger partial charge in [0.2, 0.25) is 0 Å². The second-order valence-electron chi connectivity index (χ2n) is 4.19. The van der Waals surface area contributed by atoms with Crippen LogP contribution in [0.4, 0.5) is 4.39 Å². The van der Waals surface area contributed by atoms with Gasteiger partial charge in [-0.3, -0.25) is 4.98 Å². The van der Waals surface area contributed by atoms with Crippen LogP contribution < -0.4 is 0 Å². The van der Waals surface area contributed by atoms with E-state index in [0.717, 1.165) is 11.1 Å². The van der Waals surface area contributed by atoms with Gasteiger partial charge in [0.15, 0.2) is 0 Å². The van der Waals surface area contributed by atoms with Crippen molar-refractivity contribution in [3.63, 3.8) is 0 Å². The Hall–Kier alpha value is -1.45. The van der Waals surface area contributed by atoms with Gasteiger partial charge in [0.25, 0.3) is 0 Å². The summed E-state index contributed by atoms with van der Waals surface area (Å²) >= 11 is 5.82. The second-order valence-corrected chi connectivity index (χ2v) is 4.62. The van der Waals surface area contributed by atoms with Gasteiger partial charge >= 0.3 is 0 Å². The molecule has 0 bridgehead atoms. The van der Waals surface area contributed by atoms with Crippen molar-refractivity contribution >= 4 is 11.6 Å². The second kappa shape index (κ2) is 5.46. The van der Waals surface area contributed by atoms with Crippen molar-refractivity contribution in [2.24, 2.45) is 0 Å². The maximum Gasteiger partial charge on any atom is 0.126 e. The van der Waals surface area contributed by atoms with Crippen LogP contribution in [0.3, 0.4) is 0 Å². The molecule has 18 heavy (non-hydrogen) atoms. The minimum atomic E-state index is -0.763. The maximum atomic E-state index is 13.6. The van der Waals surface area contributed by atoms with Gasteiger partial charge in [0.1, 0.15) is 5.82 Å². The Labute approximate surface area is 110 Å². The lowest BCUT2D eigenvalue weighted by Gasteiger charge is -2.14. The first kappa shape index (κ1) is 13.0. The van der Waals surface area contributed by atoms with Gasteiger partial charge in [-0.15, -0.1) is 0 Å². The lowest BCUT2D eigenvalue weighted by molar-refractivity contribution is 0.176. The normalized spacial score (nSPS) is 12.4. The van der Waals surface area contributed by atoms with Crippen LogP contribution >= 0.6 is 11.6 Å². The van der Waals surface area contributed by atoms with Crippen molar-refractivity contribution in [2.45, 2.75) is 19.4 Å². The van der Waals surface area contributed by atoms with Gasteiger partial charge in [-0.2, -0.15) is 0 Å². The van der Waals surface area contributed by atoms with E-state index in [-0.39, 0.29) is 12.2 Å². The van der Waals surface area contributed by atoms with Crippen molar-refractivity contribution in [3.8, 4) is 0 Å². The number of rotatable bonds is 3. The van der Waals surface area contributed by atoms with Crippen LogP contribution in [-0.2, 0) is 6.42 Å². The van der Waals surface area contributed by atoms with E-state index in [1.54, 1.807) is 18.5 Å². The van der Waals surface area contributed by atoms with E-state index >= 15 is 0 Å². The molecule has 0 saturated carbocycles. The quantitative estimate of drug-likeness (QED) is 0.922. The summed E-state index contributed by atoms with van der Waals surface area (Å²) in [6.07, 6.45) is 2.71. The van der Waals surface area contributed by atoms with E-state index in [0.29, 0.717) is 10.6 Å². The van der Waals surface area contributed by atoms with Gasteiger partial charge in [-0.05, 0) is 47.9 Å². The minimum absolute atomic E-state index is 0.192. The average Bonchev–Trinajstić information content (AvgIpc) is 2.34. The Morgan fingerprint density at radius 1 is 1.39 bits per heavy atom. The fraction of sp³-hybridized carbons (Fsp3) is 0.214. The zero-order valence-corrected chi connectivity index (χ0v) is 10.7. The molecule has 1 heterocycles. The highest BCUT2D eigenvalue weighted by molar-refractivity contribution is 6.30. The molecule has 2 rings (SSSR count). The summed E-state index contributed by atoms with van der Waals surface area (Å²) in [5.41, 5.74) is 2.04. The molecule has 0 aliphatic heterocycles. The molecule has 0 spiro atoms. The first-order valence-electron chi connectivity index (χ1n) is 5.60. The SMILES string of the molecule is Cc1cnccc1C(O)Cc1cc(Cl)ccc1F. The van der Waals surface area contributed by atoms with E-state index < -0.39 is 6.10 Å². The van der Waals surface area contributed by atoms with E-state index in [9.17, 15) is 9.50 Å². The predicted octanol–water partition coefficient (Wildman–Crippen LogP) is 3.46. The summed E-state index contributed by atoms with van der Waals surface area (Å²) in [5.74, 6) is -0.356. The molecule has 2 aromatic rings. The van der Waals surface area contributed by atoms with E-state index in [1.807, 2.05) is 6.92 Å². The lowest BCUT2D eigenvalue weighted by atomic mass is 9.99. The molecule has 1 N–H and O–H groups in total. The number of halogens is 2. The molecule has 0 saturated heterocycles. The molecule has 1 unspecified atom stereocenters. The first-order chi connectivity index (χ1) is 8.58. The molecule has 1 atom stereocenters. The highest BCUT2D eigenvalue weighted by Crippen LogP contribution is 2.24. The number of pyridine rings is 1. The zero-order chi connectivity index (χ0) is 13.1. The van der Waals surface area contributed by atoms with E-state index in [1.165, 1.54) is 18.2 Å². The Morgan fingerprint density at radius 2 is 2.17 bits per heavy atom. The van der Waals surface area contributed by atoms with Gasteiger partial charge < -0.3 is 5.11 Å². The zero-order valence-electron chi connectivity index (χ0n) is 9.90. The fourth-order valence-electron chi connectivity index (χ4n) is 1.88. The smallest absolute Gasteiger partial charge is 0.126 e.